The van der Waals surface area contributed by atoms with E-state index in [-0.39, 0.29) is 11.3 Å². The maximum Gasteiger partial charge on any atom is 0.267 e. The maximum atomic E-state index is 12.0. The number of hydrogen-bond donors (Lipinski definition) is 2. The summed E-state index contributed by atoms with van der Waals surface area (Å²) in [5, 5.41) is 2.93. The Labute approximate surface area is 108 Å². The van der Waals surface area contributed by atoms with Crippen molar-refractivity contribution in [1.82, 2.24) is 9.88 Å². The van der Waals surface area contributed by atoms with E-state index in [1.54, 1.807) is 31.0 Å². The highest BCUT2D eigenvalue weighted by Crippen LogP contribution is 2.19. The molecule has 0 aromatic carbocycles. The van der Waals surface area contributed by atoms with Gasteiger partial charge in [0.25, 0.3) is 5.91 Å². The van der Waals surface area contributed by atoms with Crippen LogP contribution >= 0.6 is 0 Å². The first-order valence-electron chi connectivity index (χ1n) is 6.05. The van der Waals surface area contributed by atoms with E-state index in [0.717, 1.165) is 6.42 Å². The lowest BCUT2D eigenvalue weighted by atomic mass is 9.89. The van der Waals surface area contributed by atoms with Crippen LogP contribution in [-0.4, -0.2) is 30.7 Å². The molecule has 5 heteroatoms. The van der Waals surface area contributed by atoms with Crippen LogP contribution in [0.5, 0.6) is 0 Å². The van der Waals surface area contributed by atoms with E-state index in [1.165, 1.54) is 0 Å². The summed E-state index contributed by atoms with van der Waals surface area (Å²) in [4.78, 5) is 12.0. The average Bonchev–Trinajstić information content (AvgIpc) is 2.63. The molecule has 102 valence electrons. The molecule has 0 aliphatic heterocycles. The largest absolute Gasteiger partial charge is 0.397 e. The third-order valence-electron chi connectivity index (χ3n) is 2.97. The van der Waals surface area contributed by atoms with Crippen LogP contribution in [0.1, 0.15) is 30.8 Å². The Morgan fingerprint density at radius 1 is 1.56 bits per heavy atom. The van der Waals surface area contributed by atoms with E-state index in [2.05, 4.69) is 19.2 Å². The fourth-order valence-electron chi connectivity index (χ4n) is 1.69. The summed E-state index contributed by atoms with van der Waals surface area (Å²) in [6.45, 7) is 5.51. The van der Waals surface area contributed by atoms with Crippen molar-refractivity contribution in [1.29, 1.82) is 0 Å². The first-order valence-corrected chi connectivity index (χ1v) is 6.05. The van der Waals surface area contributed by atoms with Crippen LogP contribution in [0, 0.1) is 5.41 Å². The number of nitrogens with two attached hydrogens (primary N) is 1. The van der Waals surface area contributed by atoms with Crippen LogP contribution in [0.25, 0.3) is 0 Å². The smallest absolute Gasteiger partial charge is 0.267 e. The molecule has 0 unspecified atom stereocenters. The predicted octanol–water partition coefficient (Wildman–Crippen LogP) is 1.40. The minimum Gasteiger partial charge on any atom is -0.397 e. The summed E-state index contributed by atoms with van der Waals surface area (Å²) in [5.41, 5.74) is 6.84. The van der Waals surface area contributed by atoms with Crippen molar-refractivity contribution >= 4 is 11.6 Å². The van der Waals surface area contributed by atoms with Crippen LogP contribution in [0.15, 0.2) is 12.3 Å². The zero-order valence-corrected chi connectivity index (χ0v) is 11.6. The molecular formula is C13H23N3O2. The zero-order chi connectivity index (χ0) is 13.8. The van der Waals surface area contributed by atoms with E-state index in [4.69, 9.17) is 10.5 Å². The quantitative estimate of drug-likeness (QED) is 0.805. The molecule has 5 nitrogen and oxygen atoms in total. The monoisotopic (exact) mass is 253 g/mol. The highest BCUT2D eigenvalue weighted by Gasteiger charge is 2.20. The number of nitrogens with zero attached hydrogens (tertiary/aromatic N) is 1. The van der Waals surface area contributed by atoms with Gasteiger partial charge in [-0.3, -0.25) is 4.79 Å². The fraction of sp³-hybridized carbons (Fsp3) is 0.615. The van der Waals surface area contributed by atoms with Gasteiger partial charge >= 0.3 is 0 Å². The van der Waals surface area contributed by atoms with Crippen molar-refractivity contribution in [2.24, 2.45) is 12.5 Å². The lowest BCUT2D eigenvalue weighted by molar-refractivity contribution is 0.0913. The summed E-state index contributed by atoms with van der Waals surface area (Å²) < 4.78 is 6.79. The van der Waals surface area contributed by atoms with E-state index >= 15 is 0 Å². The highest BCUT2D eigenvalue weighted by molar-refractivity contribution is 5.93. The molecule has 18 heavy (non-hydrogen) atoms. The Kier molecular flexibility index (Phi) is 4.78. The van der Waals surface area contributed by atoms with Gasteiger partial charge in [0.15, 0.2) is 0 Å². The van der Waals surface area contributed by atoms with Crippen molar-refractivity contribution in [2.75, 3.05) is 26.0 Å². The molecule has 1 rings (SSSR count). The second-order valence-corrected chi connectivity index (χ2v) is 5.36. The third-order valence-corrected chi connectivity index (χ3v) is 2.97. The SMILES string of the molecule is COCCC(C)(C)CNC(=O)c1cc(N)cn1C. The Balaban J connectivity index is 2.53. The van der Waals surface area contributed by atoms with Crippen LogP contribution < -0.4 is 11.1 Å². The van der Waals surface area contributed by atoms with Gasteiger partial charge in [0.1, 0.15) is 5.69 Å². The fourth-order valence-corrected chi connectivity index (χ4v) is 1.69. The molecule has 0 saturated carbocycles. The third kappa shape index (κ3) is 4.07. The van der Waals surface area contributed by atoms with Crippen molar-refractivity contribution in [3.8, 4) is 0 Å². The Hall–Kier alpha value is -1.49. The van der Waals surface area contributed by atoms with Crippen molar-refractivity contribution in [3.63, 3.8) is 0 Å². The van der Waals surface area contributed by atoms with Gasteiger partial charge in [0, 0.05) is 33.5 Å². The molecule has 0 spiro atoms. The van der Waals surface area contributed by atoms with Gasteiger partial charge in [0.05, 0.1) is 5.69 Å². The highest BCUT2D eigenvalue weighted by atomic mass is 16.5. The summed E-state index contributed by atoms with van der Waals surface area (Å²) in [5.74, 6) is -0.0975. The molecule has 0 fully saturated rings. The second kappa shape index (κ2) is 5.91. The number of hydrogen-bond acceptors (Lipinski definition) is 3. The molecular weight excluding hydrogens is 230 g/mol. The van der Waals surface area contributed by atoms with E-state index in [9.17, 15) is 4.79 Å². The number of ether oxygens (including phenoxy) is 1. The van der Waals surface area contributed by atoms with Crippen molar-refractivity contribution in [2.45, 2.75) is 20.3 Å². The van der Waals surface area contributed by atoms with Gasteiger partial charge in [-0.25, -0.2) is 0 Å². The van der Waals surface area contributed by atoms with E-state index < -0.39 is 0 Å². The van der Waals surface area contributed by atoms with Crippen molar-refractivity contribution < 1.29 is 9.53 Å². The molecule has 1 aromatic heterocycles. The van der Waals surface area contributed by atoms with Crippen LogP contribution in [-0.2, 0) is 11.8 Å². The van der Waals surface area contributed by atoms with Crippen LogP contribution in [0.2, 0.25) is 0 Å². The van der Waals surface area contributed by atoms with Crippen LogP contribution in [0.3, 0.4) is 0 Å². The molecule has 3 N–H and O–H groups in total. The second-order valence-electron chi connectivity index (χ2n) is 5.36. The van der Waals surface area contributed by atoms with Crippen molar-refractivity contribution in [3.05, 3.63) is 18.0 Å². The van der Waals surface area contributed by atoms with Crippen LogP contribution in [0.4, 0.5) is 5.69 Å². The number of methoxy groups -OCH3 is 1. The molecule has 0 radical (unpaired) electrons. The molecule has 0 atom stereocenters. The maximum absolute atomic E-state index is 12.0. The molecule has 0 saturated heterocycles. The Morgan fingerprint density at radius 3 is 2.72 bits per heavy atom. The van der Waals surface area contributed by atoms with Gasteiger partial charge in [-0.05, 0) is 17.9 Å². The Morgan fingerprint density at radius 2 is 2.22 bits per heavy atom. The first kappa shape index (κ1) is 14.6. The molecule has 1 amide bonds. The normalized spacial score (nSPS) is 11.6. The minimum atomic E-state index is -0.0975. The molecule has 1 heterocycles. The minimum absolute atomic E-state index is 0.0162. The number of nitrogen functional groups attached to an aromatic ring is 1. The number of aromatic nitrogens is 1. The summed E-state index contributed by atoms with van der Waals surface area (Å²) in [7, 11) is 3.49. The lowest BCUT2D eigenvalue weighted by Crippen LogP contribution is -2.35. The molecule has 1 aromatic rings. The number of nitrogens with one attached hydrogen (secondary N) is 1. The molecule has 0 aliphatic rings. The van der Waals surface area contributed by atoms with Gasteiger partial charge in [-0.2, -0.15) is 0 Å². The Bertz CT molecular complexity index is 410. The van der Waals surface area contributed by atoms with E-state index in [0.29, 0.717) is 24.5 Å². The molecule has 0 bridgehead atoms. The van der Waals surface area contributed by atoms with E-state index in [1.807, 2.05) is 0 Å². The van der Waals surface area contributed by atoms with Gasteiger partial charge in [-0.15, -0.1) is 0 Å². The number of carbonyl (C=O) groups is 1. The average molecular weight is 253 g/mol. The van der Waals surface area contributed by atoms with Gasteiger partial charge in [-0.1, -0.05) is 13.8 Å². The van der Waals surface area contributed by atoms with Gasteiger partial charge in [0.2, 0.25) is 0 Å². The van der Waals surface area contributed by atoms with Gasteiger partial charge < -0.3 is 20.4 Å². The predicted molar refractivity (Wildman–Crippen MR) is 72.4 cm³/mol. The number of carbonyl (C=O) groups excluding carboxylic acids is 1. The summed E-state index contributed by atoms with van der Waals surface area (Å²) >= 11 is 0. The number of aryl methyl sites for hydroxylation is 1. The number of amides is 1. The summed E-state index contributed by atoms with van der Waals surface area (Å²) in [6, 6.07) is 1.68. The summed E-state index contributed by atoms with van der Waals surface area (Å²) in [6.07, 6.45) is 2.63. The zero-order valence-electron chi connectivity index (χ0n) is 11.6. The lowest BCUT2D eigenvalue weighted by Gasteiger charge is -2.24. The number of rotatable bonds is 6. The number of anilines is 1. The molecule has 0 aliphatic carbocycles. The first-order chi connectivity index (χ1) is 8.35. The standard InChI is InChI=1S/C13H23N3O2/c1-13(2,5-6-18-4)9-15-12(17)11-7-10(14)8-16(11)3/h7-8H,5-6,9,14H2,1-4H3,(H,15,17). The topological polar surface area (TPSA) is 69.3 Å².